The normalized spacial score (nSPS) is 12.4. The van der Waals surface area contributed by atoms with Crippen LogP contribution in [0.15, 0.2) is 42.6 Å². The first-order valence-electron chi connectivity index (χ1n) is 12.8. The average molecular weight is 517 g/mol. The molecule has 0 saturated carbocycles. The Morgan fingerprint density at radius 3 is 2.82 bits per heavy atom. The van der Waals surface area contributed by atoms with Crippen molar-refractivity contribution in [3.05, 3.63) is 70.7 Å². The van der Waals surface area contributed by atoms with E-state index in [1.54, 1.807) is 6.20 Å². The van der Waals surface area contributed by atoms with Crippen molar-refractivity contribution < 1.29 is 28.5 Å². The van der Waals surface area contributed by atoms with E-state index in [0.717, 1.165) is 47.1 Å². The van der Waals surface area contributed by atoms with Gasteiger partial charge in [0, 0.05) is 30.6 Å². The molecule has 1 aliphatic heterocycles. The summed E-state index contributed by atoms with van der Waals surface area (Å²) in [6, 6.07) is 10.5. The number of aromatic nitrogens is 1. The molecule has 0 bridgehead atoms. The van der Waals surface area contributed by atoms with E-state index in [0.29, 0.717) is 40.6 Å². The second-order valence-electron chi connectivity index (χ2n) is 9.39. The van der Waals surface area contributed by atoms with E-state index in [9.17, 15) is 9.59 Å². The molecule has 0 spiro atoms. The van der Waals surface area contributed by atoms with Gasteiger partial charge < -0.3 is 10.1 Å². The summed E-state index contributed by atoms with van der Waals surface area (Å²) in [5.74, 6) is -0.974. The number of carbonyl (C=O) groups excluding carboxylic acids is 2. The van der Waals surface area contributed by atoms with E-state index in [2.05, 4.69) is 5.32 Å². The Bertz CT molecular complexity index is 1560. The molecule has 7 nitrogen and oxygen atoms in total. The number of aryl methyl sites for hydroxylation is 1. The van der Waals surface area contributed by atoms with Gasteiger partial charge in [-0.2, -0.15) is 4.89 Å². The molecular formula is C30H29FN2O5. The smallest absolute Gasteiger partial charge is 0.346 e. The van der Waals surface area contributed by atoms with Crippen molar-refractivity contribution in [3.63, 3.8) is 0 Å². The highest BCUT2D eigenvalue weighted by molar-refractivity contribution is 6.10. The average Bonchev–Trinajstić information content (AvgIpc) is 2.92. The van der Waals surface area contributed by atoms with Crippen LogP contribution in [-0.2, 0) is 27.4 Å². The van der Waals surface area contributed by atoms with Crippen LogP contribution in [0.3, 0.4) is 0 Å². The van der Waals surface area contributed by atoms with Crippen molar-refractivity contribution in [2.75, 3.05) is 20.3 Å². The van der Waals surface area contributed by atoms with Crippen LogP contribution in [0, 0.1) is 12.7 Å². The minimum Gasteiger partial charge on any atom is -0.493 e. The van der Waals surface area contributed by atoms with Gasteiger partial charge in [0.1, 0.15) is 11.6 Å². The first kappa shape index (κ1) is 25.6. The van der Waals surface area contributed by atoms with Gasteiger partial charge in [0.05, 0.1) is 30.7 Å². The maximum absolute atomic E-state index is 15.3. The minimum atomic E-state index is -0.655. The Kier molecular flexibility index (Phi) is 7.24. The molecule has 0 radical (unpaired) electrons. The van der Waals surface area contributed by atoms with Gasteiger partial charge in [0.2, 0.25) is 0 Å². The molecule has 0 atom stereocenters. The van der Waals surface area contributed by atoms with Crippen LogP contribution in [0.2, 0.25) is 0 Å². The second kappa shape index (κ2) is 10.8. The van der Waals surface area contributed by atoms with Crippen molar-refractivity contribution in [1.29, 1.82) is 0 Å². The highest BCUT2D eigenvalue weighted by Gasteiger charge is 2.24. The molecule has 2 heterocycles. The first-order chi connectivity index (χ1) is 18.4. The lowest BCUT2D eigenvalue weighted by atomic mass is 9.86. The number of amides is 1. The van der Waals surface area contributed by atoms with Crippen LogP contribution < -0.4 is 10.1 Å². The molecule has 1 amide bonds. The number of nitrogens with zero attached hydrogens (tertiary/aromatic N) is 1. The van der Waals surface area contributed by atoms with Crippen LogP contribution in [0.5, 0.6) is 5.75 Å². The summed E-state index contributed by atoms with van der Waals surface area (Å²) in [6.07, 6.45) is 4.11. The van der Waals surface area contributed by atoms with E-state index >= 15 is 4.39 Å². The molecule has 1 aromatic heterocycles. The number of carbonyl (C=O) groups is 2. The molecule has 4 aromatic rings. The zero-order valence-electron chi connectivity index (χ0n) is 21.7. The molecule has 3 aromatic carbocycles. The second-order valence-corrected chi connectivity index (χ2v) is 9.39. The van der Waals surface area contributed by atoms with E-state index in [-0.39, 0.29) is 12.0 Å². The van der Waals surface area contributed by atoms with E-state index < -0.39 is 17.7 Å². The number of fused-ring (bicyclic) bond motifs is 1. The Morgan fingerprint density at radius 2 is 2.03 bits per heavy atom. The molecule has 38 heavy (non-hydrogen) atoms. The fourth-order valence-electron chi connectivity index (χ4n) is 5.04. The van der Waals surface area contributed by atoms with E-state index in [1.165, 1.54) is 19.2 Å². The van der Waals surface area contributed by atoms with Gasteiger partial charge >= 0.3 is 5.97 Å². The summed E-state index contributed by atoms with van der Waals surface area (Å²) >= 11 is 0. The molecule has 0 saturated heterocycles. The van der Waals surface area contributed by atoms with Crippen molar-refractivity contribution in [3.8, 4) is 16.9 Å². The number of halogens is 1. The predicted octanol–water partition coefficient (Wildman–Crippen LogP) is 5.61. The SMILES string of the molecule is CCCCOOC(=O)Cc1c(C)cc2cc(C(=O)NC)c(F)cc2c1-c1ccc2c3c(ccnc13)CCO2. The molecule has 0 fully saturated rings. The number of unbranched alkanes of at least 4 members (excludes halogenated alkanes) is 1. The number of ether oxygens (including phenoxy) is 1. The summed E-state index contributed by atoms with van der Waals surface area (Å²) in [7, 11) is 1.46. The minimum absolute atomic E-state index is 0.0507. The zero-order chi connectivity index (χ0) is 26.8. The maximum atomic E-state index is 15.3. The quantitative estimate of drug-likeness (QED) is 0.186. The van der Waals surface area contributed by atoms with Crippen molar-refractivity contribution >= 4 is 33.6 Å². The van der Waals surface area contributed by atoms with Crippen LogP contribution in [0.25, 0.3) is 32.8 Å². The highest BCUT2D eigenvalue weighted by atomic mass is 19.1. The third kappa shape index (κ3) is 4.67. The van der Waals surface area contributed by atoms with Crippen LogP contribution >= 0.6 is 0 Å². The highest BCUT2D eigenvalue weighted by Crippen LogP contribution is 2.42. The summed E-state index contributed by atoms with van der Waals surface area (Å²) < 4.78 is 21.2. The number of hydrogen-bond acceptors (Lipinski definition) is 6. The van der Waals surface area contributed by atoms with Crippen molar-refractivity contribution in [2.24, 2.45) is 0 Å². The number of pyridine rings is 1. The zero-order valence-corrected chi connectivity index (χ0v) is 21.7. The van der Waals surface area contributed by atoms with E-state index in [4.69, 9.17) is 19.5 Å². The lowest BCUT2D eigenvalue weighted by molar-refractivity contribution is -0.272. The topological polar surface area (TPSA) is 86.8 Å². The van der Waals surface area contributed by atoms with Gasteiger partial charge in [-0.25, -0.2) is 9.18 Å². The third-order valence-electron chi connectivity index (χ3n) is 6.92. The molecule has 0 aliphatic carbocycles. The molecule has 0 unspecified atom stereocenters. The van der Waals surface area contributed by atoms with Gasteiger partial charge in [0.15, 0.2) is 0 Å². The number of nitrogens with one attached hydrogen (secondary N) is 1. The largest absolute Gasteiger partial charge is 0.493 e. The van der Waals surface area contributed by atoms with Gasteiger partial charge in [-0.3, -0.25) is 14.7 Å². The monoisotopic (exact) mass is 516 g/mol. The maximum Gasteiger partial charge on any atom is 0.346 e. The molecule has 196 valence electrons. The molecule has 5 rings (SSSR count). The predicted molar refractivity (Wildman–Crippen MR) is 143 cm³/mol. The fraction of sp³-hybridized carbons (Fsp3) is 0.300. The van der Waals surface area contributed by atoms with Crippen molar-refractivity contribution in [1.82, 2.24) is 10.3 Å². The Labute approximate surface area is 219 Å². The van der Waals surface area contributed by atoms with Gasteiger partial charge in [0.25, 0.3) is 5.91 Å². The molecule has 1 aliphatic rings. The number of benzene rings is 3. The molecular weight excluding hydrogens is 487 g/mol. The van der Waals surface area contributed by atoms with Crippen LogP contribution in [0.1, 0.15) is 46.8 Å². The molecule has 8 heteroatoms. The fourth-order valence-corrected chi connectivity index (χ4v) is 5.04. The van der Waals surface area contributed by atoms with Crippen molar-refractivity contribution in [2.45, 2.75) is 39.5 Å². The standard InChI is InChI=1S/C30H29FN2O5/c1-4-5-11-37-38-26(34)16-21-17(2)13-19-14-23(30(35)32-3)24(31)15-22(19)28(21)20-6-7-25-27-18(9-12-36-25)8-10-33-29(20)27/h6-8,10,13-15H,4-5,9,11-12,16H2,1-3H3,(H,32,35). The first-order valence-corrected chi connectivity index (χ1v) is 12.8. The van der Waals surface area contributed by atoms with Gasteiger partial charge in [-0.15, -0.1) is 0 Å². The van der Waals surface area contributed by atoms with Crippen LogP contribution in [0.4, 0.5) is 4.39 Å². The summed E-state index contributed by atoms with van der Waals surface area (Å²) in [5.41, 5.74) is 4.65. The Balaban J connectivity index is 1.74. The van der Waals surface area contributed by atoms with E-state index in [1.807, 2.05) is 38.1 Å². The summed E-state index contributed by atoms with van der Waals surface area (Å²) in [4.78, 5) is 40.0. The van der Waals surface area contributed by atoms with Gasteiger partial charge in [-0.1, -0.05) is 19.4 Å². The number of hydrogen-bond donors (Lipinski definition) is 1. The lowest BCUT2D eigenvalue weighted by Gasteiger charge is -2.22. The van der Waals surface area contributed by atoms with Gasteiger partial charge in [-0.05, 0) is 76.7 Å². The molecule has 1 N–H and O–H groups in total. The van der Waals surface area contributed by atoms with Crippen LogP contribution in [-0.4, -0.2) is 37.1 Å². The number of rotatable bonds is 8. The summed E-state index contributed by atoms with van der Waals surface area (Å²) in [6.45, 7) is 4.80. The summed E-state index contributed by atoms with van der Waals surface area (Å²) in [5, 5.41) is 4.63. The Morgan fingerprint density at radius 1 is 1.18 bits per heavy atom. The lowest BCUT2D eigenvalue weighted by Crippen LogP contribution is -2.19. The Hall–Kier alpha value is -4.04. The third-order valence-corrected chi connectivity index (χ3v) is 6.92.